The molecule has 38 heavy (non-hydrogen) atoms. The van der Waals surface area contributed by atoms with Crippen LogP contribution in [0.25, 0.3) is 38.5 Å². The lowest BCUT2D eigenvalue weighted by molar-refractivity contribution is 0.0952. The molecule has 0 aliphatic carbocycles. The van der Waals surface area contributed by atoms with E-state index in [4.69, 9.17) is 16.0 Å². The molecule has 6 aromatic rings. The number of halogens is 1. The summed E-state index contributed by atoms with van der Waals surface area (Å²) in [5, 5.41) is 12.1. The van der Waals surface area contributed by atoms with Crippen molar-refractivity contribution in [1.29, 1.82) is 5.26 Å². The number of carbonyl (C=O) groups excluding carboxylic acids is 1. The number of imidazole rings is 1. The number of hydrogen-bond donors (Lipinski definition) is 2. The summed E-state index contributed by atoms with van der Waals surface area (Å²) < 4.78 is 16.4. The lowest BCUT2D eigenvalue weighted by Gasteiger charge is -2.11. The standard InChI is InChI=1S/C27H17FN8OS/c28-16-11-19(23-21(12-16)38-22(13-29)35-23)27(37)33-14-15-5-7-17(8-6-15)36-25(18-3-1-9-31-24(18)30)34-20-4-2-10-32-26(20)36/h1-12H,14H2,(H2,30,31)(H,33,37). The van der Waals surface area contributed by atoms with Gasteiger partial charge in [-0.25, -0.2) is 24.3 Å². The second-order valence-corrected chi connectivity index (χ2v) is 9.36. The number of pyridine rings is 2. The molecule has 0 saturated carbocycles. The van der Waals surface area contributed by atoms with Crippen molar-refractivity contribution in [2.75, 3.05) is 5.73 Å². The smallest absolute Gasteiger partial charge is 0.253 e. The molecule has 2 aromatic carbocycles. The zero-order valence-electron chi connectivity index (χ0n) is 19.6. The average molecular weight is 521 g/mol. The maximum absolute atomic E-state index is 14.1. The van der Waals surface area contributed by atoms with Crippen molar-refractivity contribution in [3.05, 3.63) is 95.0 Å². The van der Waals surface area contributed by atoms with Crippen LogP contribution in [0.15, 0.2) is 73.1 Å². The molecule has 184 valence electrons. The van der Waals surface area contributed by atoms with Crippen LogP contribution in [0.3, 0.4) is 0 Å². The van der Waals surface area contributed by atoms with Gasteiger partial charge < -0.3 is 11.1 Å². The molecule has 3 N–H and O–H groups in total. The van der Waals surface area contributed by atoms with Crippen LogP contribution in [0.1, 0.15) is 20.9 Å². The van der Waals surface area contributed by atoms with E-state index in [2.05, 4.69) is 20.3 Å². The molecular weight excluding hydrogens is 503 g/mol. The average Bonchev–Trinajstić information content (AvgIpc) is 3.53. The van der Waals surface area contributed by atoms with Crippen molar-refractivity contribution in [1.82, 2.24) is 29.8 Å². The first-order valence-electron chi connectivity index (χ1n) is 11.4. The quantitative estimate of drug-likeness (QED) is 0.339. The highest BCUT2D eigenvalue weighted by atomic mass is 32.1. The van der Waals surface area contributed by atoms with Crippen LogP contribution < -0.4 is 11.1 Å². The van der Waals surface area contributed by atoms with E-state index in [1.54, 1.807) is 18.5 Å². The minimum Gasteiger partial charge on any atom is -0.383 e. The number of nitrogens with two attached hydrogens (primary N) is 1. The number of fused-ring (bicyclic) bond motifs is 2. The van der Waals surface area contributed by atoms with Crippen LogP contribution in [0.2, 0.25) is 0 Å². The lowest BCUT2D eigenvalue weighted by Crippen LogP contribution is -2.23. The van der Waals surface area contributed by atoms with Gasteiger partial charge in [0.2, 0.25) is 0 Å². The maximum atomic E-state index is 14.1. The predicted octanol–water partition coefficient (Wildman–Crippen LogP) is 4.62. The van der Waals surface area contributed by atoms with Gasteiger partial charge in [0, 0.05) is 24.6 Å². The molecular formula is C27H17FN8OS. The van der Waals surface area contributed by atoms with E-state index >= 15 is 0 Å². The van der Waals surface area contributed by atoms with Crippen molar-refractivity contribution >= 4 is 44.4 Å². The molecule has 0 spiro atoms. The van der Waals surface area contributed by atoms with E-state index in [0.29, 0.717) is 38.6 Å². The lowest BCUT2D eigenvalue weighted by atomic mass is 10.1. The highest BCUT2D eigenvalue weighted by molar-refractivity contribution is 7.19. The van der Waals surface area contributed by atoms with Crippen LogP contribution in [0.5, 0.6) is 0 Å². The van der Waals surface area contributed by atoms with E-state index in [1.165, 1.54) is 6.07 Å². The van der Waals surface area contributed by atoms with E-state index in [9.17, 15) is 9.18 Å². The van der Waals surface area contributed by atoms with Crippen molar-refractivity contribution in [2.24, 2.45) is 0 Å². The van der Waals surface area contributed by atoms with Gasteiger partial charge in [0.25, 0.3) is 5.91 Å². The second kappa shape index (κ2) is 9.34. The Morgan fingerprint density at radius 2 is 1.87 bits per heavy atom. The van der Waals surface area contributed by atoms with Crippen molar-refractivity contribution in [3.8, 4) is 23.1 Å². The van der Waals surface area contributed by atoms with Gasteiger partial charge in [-0.05, 0) is 54.1 Å². The van der Waals surface area contributed by atoms with Gasteiger partial charge >= 0.3 is 0 Å². The number of anilines is 1. The van der Waals surface area contributed by atoms with Gasteiger partial charge in [0.05, 0.1) is 21.3 Å². The number of nitrogens with one attached hydrogen (secondary N) is 1. The number of nitrogen functional groups attached to an aromatic ring is 1. The maximum Gasteiger partial charge on any atom is 0.253 e. The number of amides is 1. The summed E-state index contributed by atoms with van der Waals surface area (Å²) in [5.41, 5.74) is 10.2. The Balaban J connectivity index is 1.29. The highest BCUT2D eigenvalue weighted by Gasteiger charge is 2.18. The van der Waals surface area contributed by atoms with E-state index in [0.717, 1.165) is 28.7 Å². The first-order valence-corrected chi connectivity index (χ1v) is 12.3. The summed E-state index contributed by atoms with van der Waals surface area (Å²) in [6.45, 7) is 0.206. The molecule has 0 fully saturated rings. The molecule has 0 atom stereocenters. The summed E-state index contributed by atoms with van der Waals surface area (Å²) in [7, 11) is 0. The molecule has 1 amide bonds. The van der Waals surface area contributed by atoms with E-state index in [1.807, 2.05) is 53.1 Å². The minimum absolute atomic E-state index is 0.0871. The predicted molar refractivity (Wildman–Crippen MR) is 142 cm³/mol. The van der Waals surface area contributed by atoms with Gasteiger partial charge in [0.15, 0.2) is 16.5 Å². The van der Waals surface area contributed by atoms with Crippen LogP contribution in [0, 0.1) is 17.1 Å². The third-order valence-corrected chi connectivity index (χ3v) is 6.85. The normalized spacial score (nSPS) is 11.1. The topological polar surface area (TPSA) is 135 Å². The molecule has 9 nitrogen and oxygen atoms in total. The fraction of sp³-hybridized carbons (Fsp3) is 0.0370. The van der Waals surface area contributed by atoms with Crippen LogP contribution >= 0.6 is 11.3 Å². The number of nitrogens with zero attached hydrogens (tertiary/aromatic N) is 6. The van der Waals surface area contributed by atoms with Crippen molar-refractivity contribution in [2.45, 2.75) is 6.54 Å². The van der Waals surface area contributed by atoms with Crippen LogP contribution in [-0.4, -0.2) is 30.4 Å². The number of rotatable bonds is 5. The summed E-state index contributed by atoms with van der Waals surface area (Å²) in [4.78, 5) is 30.5. The number of carbonyl (C=O) groups is 1. The molecule has 4 aromatic heterocycles. The van der Waals surface area contributed by atoms with Gasteiger partial charge in [-0.2, -0.15) is 5.26 Å². The summed E-state index contributed by atoms with van der Waals surface area (Å²) in [6.07, 6.45) is 3.32. The number of benzene rings is 2. The third kappa shape index (κ3) is 4.08. The summed E-state index contributed by atoms with van der Waals surface area (Å²) in [5.74, 6) is -0.0730. The highest BCUT2D eigenvalue weighted by Crippen LogP contribution is 2.30. The van der Waals surface area contributed by atoms with Gasteiger partial charge in [0.1, 0.15) is 23.2 Å². The summed E-state index contributed by atoms with van der Waals surface area (Å²) in [6, 6.07) is 19.2. The fourth-order valence-electron chi connectivity index (χ4n) is 4.20. The number of nitriles is 1. The molecule has 0 aliphatic heterocycles. The molecule has 0 unspecified atom stereocenters. The molecule has 11 heteroatoms. The number of thiazole rings is 1. The Morgan fingerprint density at radius 1 is 1.08 bits per heavy atom. The van der Waals surface area contributed by atoms with Gasteiger partial charge in [-0.1, -0.05) is 12.1 Å². The SMILES string of the molecule is N#Cc1nc2c(C(=O)NCc3ccc(-n4c(-c5cccnc5N)nc5cccnc54)cc3)cc(F)cc2s1. The van der Waals surface area contributed by atoms with E-state index in [-0.39, 0.29) is 17.1 Å². The molecule has 0 saturated heterocycles. The Kier molecular flexibility index (Phi) is 5.71. The van der Waals surface area contributed by atoms with Crippen molar-refractivity contribution < 1.29 is 9.18 Å². The van der Waals surface area contributed by atoms with Crippen LogP contribution in [0.4, 0.5) is 10.2 Å². The Bertz CT molecular complexity index is 1890. The van der Waals surface area contributed by atoms with E-state index < -0.39 is 11.7 Å². The van der Waals surface area contributed by atoms with Crippen LogP contribution in [-0.2, 0) is 6.54 Å². The Hall–Kier alpha value is -5.21. The number of hydrogen-bond acceptors (Lipinski definition) is 8. The molecule has 0 bridgehead atoms. The van der Waals surface area contributed by atoms with Crippen molar-refractivity contribution in [3.63, 3.8) is 0 Å². The summed E-state index contributed by atoms with van der Waals surface area (Å²) >= 11 is 1.04. The number of aromatic nitrogens is 5. The first kappa shape index (κ1) is 23.2. The largest absolute Gasteiger partial charge is 0.383 e. The Morgan fingerprint density at radius 3 is 2.66 bits per heavy atom. The molecule has 0 radical (unpaired) electrons. The fourth-order valence-corrected chi connectivity index (χ4v) is 5.02. The molecule has 4 heterocycles. The Labute approximate surface area is 219 Å². The molecule has 0 aliphatic rings. The zero-order valence-corrected chi connectivity index (χ0v) is 20.4. The zero-order chi connectivity index (χ0) is 26.2. The monoisotopic (exact) mass is 520 g/mol. The third-order valence-electron chi connectivity index (χ3n) is 5.94. The van der Waals surface area contributed by atoms with Gasteiger partial charge in [-0.3, -0.25) is 9.36 Å². The minimum atomic E-state index is -0.564. The second-order valence-electron chi connectivity index (χ2n) is 8.33. The molecule has 6 rings (SSSR count). The van der Waals surface area contributed by atoms with Gasteiger partial charge in [-0.15, -0.1) is 11.3 Å². The first-order chi connectivity index (χ1) is 18.5.